The first-order chi connectivity index (χ1) is 8.54. The van der Waals surface area contributed by atoms with Crippen molar-refractivity contribution in [2.45, 2.75) is 6.92 Å². The van der Waals surface area contributed by atoms with Crippen LogP contribution in [-0.4, -0.2) is 24.7 Å². The summed E-state index contributed by atoms with van der Waals surface area (Å²) >= 11 is 3.16. The van der Waals surface area contributed by atoms with Crippen molar-refractivity contribution in [2.75, 3.05) is 13.1 Å². The van der Waals surface area contributed by atoms with Crippen LogP contribution in [0.3, 0.4) is 0 Å². The predicted octanol–water partition coefficient (Wildman–Crippen LogP) is 1.57. The normalized spacial score (nSPS) is 15.9. The van der Waals surface area contributed by atoms with Crippen molar-refractivity contribution in [1.29, 1.82) is 0 Å². The fraction of sp³-hybridized carbons (Fsp3) is 0.231. The Morgan fingerprint density at radius 3 is 2.06 bits per heavy atom. The van der Waals surface area contributed by atoms with Gasteiger partial charge in [-0.1, -0.05) is 12.2 Å². The number of ketones is 2. The molecule has 0 atom stereocenters. The summed E-state index contributed by atoms with van der Waals surface area (Å²) in [5.74, 6) is -0.435. The molecule has 0 bridgehead atoms. The molecule has 0 unspecified atom stereocenters. The Kier molecular flexibility index (Phi) is 5.09. The Balaban J connectivity index is 3.06. The van der Waals surface area contributed by atoms with Crippen LogP contribution < -0.4 is 10.6 Å². The van der Waals surface area contributed by atoms with E-state index in [2.05, 4.69) is 39.7 Å². The van der Waals surface area contributed by atoms with Crippen LogP contribution >= 0.6 is 15.9 Å². The lowest BCUT2D eigenvalue weighted by Gasteiger charge is -2.20. The highest BCUT2D eigenvalue weighted by molar-refractivity contribution is 9.12. The Morgan fingerprint density at radius 1 is 1.06 bits per heavy atom. The van der Waals surface area contributed by atoms with Crippen molar-refractivity contribution in [3.05, 3.63) is 46.8 Å². The summed E-state index contributed by atoms with van der Waals surface area (Å²) in [6.45, 7) is 9.60. The Bertz CT molecular complexity index is 431. The summed E-state index contributed by atoms with van der Waals surface area (Å²) in [6.07, 6.45) is 3.25. The highest BCUT2D eigenvalue weighted by atomic mass is 79.9. The molecule has 96 valence electrons. The molecule has 0 heterocycles. The maximum atomic E-state index is 12.1. The van der Waals surface area contributed by atoms with E-state index >= 15 is 0 Å². The standard InChI is InChI=1S/C13H15BrN2O2/c1-4-6-15-10-8(3)12(17)11(16-7-5-2)9(14)13(10)18/h4-5,15-16H,1-2,6-7H2,3H3. The summed E-state index contributed by atoms with van der Waals surface area (Å²) in [5, 5.41) is 5.76. The first-order valence-corrected chi connectivity index (χ1v) is 6.23. The van der Waals surface area contributed by atoms with Gasteiger partial charge in [0, 0.05) is 18.7 Å². The maximum Gasteiger partial charge on any atom is 0.218 e. The van der Waals surface area contributed by atoms with Crippen LogP contribution in [0.5, 0.6) is 0 Å². The lowest BCUT2D eigenvalue weighted by Crippen LogP contribution is -2.34. The van der Waals surface area contributed by atoms with Gasteiger partial charge in [-0.3, -0.25) is 9.59 Å². The molecule has 5 heteroatoms. The first-order valence-electron chi connectivity index (χ1n) is 5.44. The molecule has 4 nitrogen and oxygen atoms in total. The minimum atomic E-state index is -0.236. The van der Waals surface area contributed by atoms with Gasteiger partial charge < -0.3 is 10.6 Å². The van der Waals surface area contributed by atoms with Gasteiger partial charge in [0.2, 0.25) is 11.6 Å². The molecule has 0 aromatic rings. The van der Waals surface area contributed by atoms with Crippen LogP contribution in [0.1, 0.15) is 6.92 Å². The van der Waals surface area contributed by atoms with Crippen LogP contribution in [-0.2, 0) is 9.59 Å². The Labute approximate surface area is 115 Å². The number of carbonyl (C=O) groups excluding carboxylic acids is 2. The van der Waals surface area contributed by atoms with Gasteiger partial charge in [0.25, 0.3) is 0 Å². The van der Waals surface area contributed by atoms with Crippen molar-refractivity contribution < 1.29 is 9.59 Å². The zero-order valence-electron chi connectivity index (χ0n) is 10.2. The van der Waals surface area contributed by atoms with Gasteiger partial charge in [-0.15, -0.1) is 13.2 Å². The summed E-state index contributed by atoms with van der Waals surface area (Å²) in [4.78, 5) is 24.2. The van der Waals surface area contributed by atoms with Gasteiger partial charge in [-0.25, -0.2) is 0 Å². The highest BCUT2D eigenvalue weighted by Gasteiger charge is 2.30. The summed E-state index contributed by atoms with van der Waals surface area (Å²) in [5.41, 5.74) is 0.995. The van der Waals surface area contributed by atoms with Gasteiger partial charge in [0.05, 0.1) is 10.2 Å². The molecule has 0 saturated carbocycles. The second kappa shape index (κ2) is 6.35. The largest absolute Gasteiger partial charge is 0.378 e. The third-order valence-electron chi connectivity index (χ3n) is 2.43. The Hall–Kier alpha value is -1.62. The van der Waals surface area contributed by atoms with Gasteiger partial charge in [-0.2, -0.15) is 0 Å². The zero-order chi connectivity index (χ0) is 13.7. The van der Waals surface area contributed by atoms with E-state index in [1.165, 1.54) is 0 Å². The molecular formula is C13H15BrN2O2. The van der Waals surface area contributed by atoms with Crippen LogP contribution in [0.4, 0.5) is 0 Å². The van der Waals surface area contributed by atoms with Crippen molar-refractivity contribution in [3.8, 4) is 0 Å². The number of rotatable bonds is 6. The number of Topliss-reactive ketones (excluding diaryl/α,β-unsaturated/α-hetero) is 2. The molecule has 0 fully saturated rings. The fourth-order valence-electron chi connectivity index (χ4n) is 1.51. The maximum absolute atomic E-state index is 12.1. The highest BCUT2D eigenvalue weighted by Crippen LogP contribution is 2.25. The minimum Gasteiger partial charge on any atom is -0.378 e. The minimum absolute atomic E-state index is 0.199. The summed E-state index contributed by atoms with van der Waals surface area (Å²) in [7, 11) is 0. The van der Waals surface area contributed by atoms with Crippen LogP contribution in [0.15, 0.2) is 46.8 Å². The quantitative estimate of drug-likeness (QED) is 0.577. The molecule has 2 N–H and O–H groups in total. The van der Waals surface area contributed by atoms with E-state index in [-0.39, 0.29) is 21.7 Å². The lowest BCUT2D eigenvalue weighted by molar-refractivity contribution is -0.116. The number of halogens is 1. The van der Waals surface area contributed by atoms with E-state index in [4.69, 9.17) is 0 Å². The van der Waals surface area contributed by atoms with Gasteiger partial charge >= 0.3 is 0 Å². The predicted molar refractivity (Wildman–Crippen MR) is 75.1 cm³/mol. The van der Waals surface area contributed by atoms with Crippen LogP contribution in [0, 0.1) is 0 Å². The van der Waals surface area contributed by atoms with E-state index in [1.54, 1.807) is 19.1 Å². The van der Waals surface area contributed by atoms with Crippen LogP contribution in [0.2, 0.25) is 0 Å². The summed E-state index contributed by atoms with van der Waals surface area (Å²) < 4.78 is 0.242. The molecule has 0 amide bonds. The zero-order valence-corrected chi connectivity index (χ0v) is 11.8. The molecule has 1 aliphatic rings. The molecule has 1 aliphatic carbocycles. The third-order valence-corrected chi connectivity index (χ3v) is 3.19. The molecule has 18 heavy (non-hydrogen) atoms. The van der Waals surface area contributed by atoms with Crippen molar-refractivity contribution in [2.24, 2.45) is 0 Å². The molecule has 0 radical (unpaired) electrons. The molecule has 0 aliphatic heterocycles. The molecule has 1 rings (SSSR count). The second-order valence-electron chi connectivity index (χ2n) is 3.69. The summed E-state index contributed by atoms with van der Waals surface area (Å²) in [6, 6.07) is 0. The van der Waals surface area contributed by atoms with Gasteiger partial charge in [0.15, 0.2) is 0 Å². The van der Waals surface area contributed by atoms with E-state index in [0.29, 0.717) is 24.4 Å². The van der Waals surface area contributed by atoms with E-state index < -0.39 is 0 Å². The van der Waals surface area contributed by atoms with Crippen molar-refractivity contribution >= 4 is 27.5 Å². The number of nitrogens with one attached hydrogen (secondary N) is 2. The Morgan fingerprint density at radius 2 is 1.56 bits per heavy atom. The van der Waals surface area contributed by atoms with Gasteiger partial charge in [0.1, 0.15) is 5.70 Å². The topological polar surface area (TPSA) is 58.2 Å². The fourth-order valence-corrected chi connectivity index (χ4v) is 2.03. The molecule has 0 aromatic carbocycles. The number of hydrogen-bond donors (Lipinski definition) is 2. The molecular weight excluding hydrogens is 296 g/mol. The smallest absolute Gasteiger partial charge is 0.218 e. The molecule has 0 aromatic heterocycles. The van der Waals surface area contributed by atoms with E-state index in [1.807, 2.05) is 0 Å². The van der Waals surface area contributed by atoms with E-state index in [0.717, 1.165) is 0 Å². The molecule has 0 spiro atoms. The monoisotopic (exact) mass is 310 g/mol. The molecule has 0 saturated heterocycles. The van der Waals surface area contributed by atoms with E-state index in [9.17, 15) is 9.59 Å². The average molecular weight is 311 g/mol. The first kappa shape index (κ1) is 14.4. The lowest BCUT2D eigenvalue weighted by atomic mass is 9.98. The SMILES string of the molecule is C=CCNC1=C(C)C(=O)C(NCC=C)=C(Br)C1=O. The second-order valence-corrected chi connectivity index (χ2v) is 4.48. The number of hydrogen-bond acceptors (Lipinski definition) is 4. The van der Waals surface area contributed by atoms with Crippen molar-refractivity contribution in [1.82, 2.24) is 10.6 Å². The van der Waals surface area contributed by atoms with Crippen molar-refractivity contribution in [3.63, 3.8) is 0 Å². The number of carbonyl (C=O) groups is 2. The third kappa shape index (κ3) is 2.79. The number of allylic oxidation sites excluding steroid dienone is 2. The average Bonchev–Trinajstić information content (AvgIpc) is 2.37. The van der Waals surface area contributed by atoms with Crippen LogP contribution in [0.25, 0.3) is 0 Å². The van der Waals surface area contributed by atoms with Gasteiger partial charge in [-0.05, 0) is 22.9 Å².